The van der Waals surface area contributed by atoms with Crippen LogP contribution >= 0.6 is 34.2 Å². The molecule has 0 aliphatic rings. The maximum Gasteiger partial charge on any atom is 0.263 e. The van der Waals surface area contributed by atoms with Crippen LogP contribution in [0.15, 0.2) is 24.3 Å². The molecule has 6 heteroatoms. The molecule has 2 aromatic rings. The van der Waals surface area contributed by atoms with Gasteiger partial charge in [-0.3, -0.25) is 0 Å². The van der Waals surface area contributed by atoms with E-state index < -0.39 is 6.43 Å². The Morgan fingerprint density at radius 1 is 1.20 bits per heavy atom. The first-order valence-electron chi connectivity index (χ1n) is 6.13. The van der Waals surface area contributed by atoms with Crippen LogP contribution < -0.4 is 0 Å². The summed E-state index contributed by atoms with van der Waals surface area (Å²) in [6.07, 6.45) is -0.712. The zero-order valence-corrected chi connectivity index (χ0v) is 13.6. The molecule has 0 unspecified atom stereocenters. The van der Waals surface area contributed by atoms with Crippen molar-refractivity contribution in [2.24, 2.45) is 0 Å². The molecule has 0 aliphatic heterocycles. The van der Waals surface area contributed by atoms with Gasteiger partial charge in [0.15, 0.2) is 5.82 Å². The fraction of sp³-hybridized carbons (Fsp3) is 0.286. The Bertz CT molecular complexity index is 603. The normalized spacial score (nSPS) is 11.1. The summed E-state index contributed by atoms with van der Waals surface area (Å²) in [6.45, 7) is 2.06. The molecule has 1 aromatic heterocycles. The molecule has 0 bridgehead atoms. The summed E-state index contributed by atoms with van der Waals surface area (Å²) in [6, 6.07) is 5.95. The van der Waals surface area contributed by atoms with Gasteiger partial charge < -0.3 is 0 Å². The van der Waals surface area contributed by atoms with Crippen molar-refractivity contribution in [3.05, 3.63) is 44.2 Å². The summed E-state index contributed by atoms with van der Waals surface area (Å²) in [5, 5.41) is 0.400. The number of hydrogen-bond acceptors (Lipinski definition) is 2. The van der Waals surface area contributed by atoms with E-state index >= 15 is 0 Å². The molecule has 0 spiro atoms. The highest BCUT2D eigenvalue weighted by Crippen LogP contribution is 2.26. The molecule has 0 saturated heterocycles. The lowest BCUT2D eigenvalue weighted by atomic mass is 10.1. The molecule has 2 nitrogen and oxygen atoms in total. The molecule has 0 amide bonds. The Morgan fingerprint density at radius 2 is 1.85 bits per heavy atom. The van der Waals surface area contributed by atoms with E-state index in [4.69, 9.17) is 11.6 Å². The second-order valence-corrected chi connectivity index (χ2v) is 5.71. The minimum absolute atomic E-state index is 0.0147. The second kappa shape index (κ2) is 6.76. The van der Waals surface area contributed by atoms with Gasteiger partial charge in [0.2, 0.25) is 0 Å². The average molecular weight is 409 g/mol. The van der Waals surface area contributed by atoms with Crippen LogP contribution in [0.2, 0.25) is 5.15 Å². The maximum absolute atomic E-state index is 12.5. The van der Waals surface area contributed by atoms with Gasteiger partial charge >= 0.3 is 0 Å². The fourth-order valence-corrected chi connectivity index (χ4v) is 2.47. The lowest BCUT2D eigenvalue weighted by molar-refractivity contribution is 0.151. The zero-order chi connectivity index (χ0) is 14.7. The number of rotatable bonds is 4. The zero-order valence-electron chi connectivity index (χ0n) is 10.7. The number of halogens is 4. The average Bonchev–Trinajstić information content (AvgIpc) is 2.44. The van der Waals surface area contributed by atoms with Gasteiger partial charge in [0.05, 0.1) is 9.26 Å². The number of alkyl halides is 2. The Morgan fingerprint density at radius 3 is 2.40 bits per heavy atom. The van der Waals surface area contributed by atoms with Crippen LogP contribution in [0.5, 0.6) is 0 Å². The third-order valence-electron chi connectivity index (χ3n) is 2.79. The summed E-state index contributed by atoms with van der Waals surface area (Å²) in [5.74, 6) is 0.472. The highest BCUT2D eigenvalue weighted by atomic mass is 127. The maximum atomic E-state index is 12.5. The molecular formula is C14H12ClF2IN2. The van der Waals surface area contributed by atoms with Crippen molar-refractivity contribution in [2.45, 2.75) is 26.2 Å². The van der Waals surface area contributed by atoms with Gasteiger partial charge in [-0.15, -0.1) is 0 Å². The predicted molar refractivity (Wildman–Crippen MR) is 84.1 cm³/mol. The van der Waals surface area contributed by atoms with Gasteiger partial charge in [-0.1, -0.05) is 49.2 Å². The molecule has 0 atom stereocenters. The van der Waals surface area contributed by atoms with E-state index in [2.05, 4.69) is 39.5 Å². The first-order valence-corrected chi connectivity index (χ1v) is 7.59. The van der Waals surface area contributed by atoms with Crippen molar-refractivity contribution in [3.63, 3.8) is 0 Å². The lowest BCUT2D eigenvalue weighted by Gasteiger charge is -2.08. The Hall–Kier alpha value is -0.820. The van der Waals surface area contributed by atoms with E-state index in [0.717, 1.165) is 22.1 Å². The Labute approximate surface area is 134 Å². The van der Waals surface area contributed by atoms with Crippen molar-refractivity contribution < 1.29 is 8.78 Å². The quantitative estimate of drug-likeness (QED) is 0.507. The van der Waals surface area contributed by atoms with Gasteiger partial charge in [-0.25, -0.2) is 18.7 Å². The smallest absolute Gasteiger partial charge is 0.232 e. The molecule has 0 N–H and O–H groups in total. The highest BCUT2D eigenvalue weighted by molar-refractivity contribution is 14.1. The summed E-state index contributed by atoms with van der Waals surface area (Å²) in [5.41, 5.74) is 1.56. The van der Waals surface area contributed by atoms with Gasteiger partial charge in [0, 0.05) is 11.1 Å². The molecule has 1 heterocycles. The number of aromatic nitrogens is 2. The van der Waals surface area contributed by atoms with Crippen molar-refractivity contribution in [3.8, 4) is 11.4 Å². The van der Waals surface area contributed by atoms with Gasteiger partial charge in [0.1, 0.15) is 5.15 Å². The van der Waals surface area contributed by atoms with Crippen LogP contribution in [0, 0.1) is 3.57 Å². The number of nitrogens with zero attached hydrogens (tertiary/aromatic N) is 2. The van der Waals surface area contributed by atoms with Gasteiger partial charge in [-0.05, 0) is 29.0 Å². The van der Waals surface area contributed by atoms with Crippen LogP contribution in [0.4, 0.5) is 8.78 Å². The molecule has 1 aromatic carbocycles. The second-order valence-electron chi connectivity index (χ2n) is 4.27. The van der Waals surface area contributed by atoms with Gasteiger partial charge in [0.25, 0.3) is 6.43 Å². The summed E-state index contributed by atoms with van der Waals surface area (Å²) >= 11 is 8.23. The van der Waals surface area contributed by atoms with Gasteiger partial charge in [-0.2, -0.15) is 0 Å². The summed E-state index contributed by atoms with van der Waals surface area (Å²) in [7, 11) is 0. The molecule has 106 valence electrons. The number of hydrogen-bond donors (Lipinski definition) is 0. The third-order valence-corrected chi connectivity index (χ3v) is 4.51. The van der Waals surface area contributed by atoms with Crippen LogP contribution in [0.3, 0.4) is 0 Å². The monoisotopic (exact) mass is 408 g/mol. The molecule has 0 saturated carbocycles. The van der Waals surface area contributed by atoms with Crippen LogP contribution in [-0.2, 0) is 6.42 Å². The van der Waals surface area contributed by atoms with E-state index in [0.29, 0.717) is 16.5 Å². The van der Waals surface area contributed by atoms with Crippen LogP contribution in [0.25, 0.3) is 11.4 Å². The first kappa shape index (κ1) is 15.6. The van der Waals surface area contributed by atoms with E-state index in [1.165, 1.54) is 12.1 Å². The first-order chi connectivity index (χ1) is 9.52. The number of aryl methyl sites for hydroxylation is 1. The fourth-order valence-electron chi connectivity index (χ4n) is 1.77. The molecule has 0 fully saturated rings. The lowest BCUT2D eigenvalue weighted by Crippen LogP contribution is -2.00. The van der Waals surface area contributed by atoms with E-state index in [1.807, 2.05) is 0 Å². The Kier molecular flexibility index (Phi) is 5.26. The van der Waals surface area contributed by atoms with E-state index in [1.54, 1.807) is 12.1 Å². The minimum atomic E-state index is -2.47. The third kappa shape index (κ3) is 3.44. The molecule has 0 radical (unpaired) electrons. The van der Waals surface area contributed by atoms with Crippen LogP contribution in [-0.4, -0.2) is 9.97 Å². The van der Waals surface area contributed by atoms with Crippen molar-refractivity contribution in [1.29, 1.82) is 0 Å². The number of benzene rings is 1. The molecule has 2 rings (SSSR count). The van der Waals surface area contributed by atoms with Crippen LogP contribution in [0.1, 0.15) is 31.0 Å². The Balaban J connectivity index is 2.41. The molecule has 0 aliphatic carbocycles. The van der Waals surface area contributed by atoms with Crippen molar-refractivity contribution >= 4 is 34.2 Å². The molecular weight excluding hydrogens is 397 g/mol. The summed E-state index contributed by atoms with van der Waals surface area (Å²) in [4.78, 5) is 8.70. The van der Waals surface area contributed by atoms with E-state index in [-0.39, 0.29) is 5.56 Å². The SMILES string of the molecule is CCCc1nc(-c2ccc(C(F)F)cc2)nc(Cl)c1I. The standard InChI is InChI=1S/C14H12ClF2IN2/c1-2-3-10-11(18)12(15)20-14(19-10)9-6-4-8(5-7-9)13(16)17/h4-7,13H,2-3H2,1H3. The van der Waals surface area contributed by atoms with E-state index in [9.17, 15) is 8.78 Å². The predicted octanol–water partition coefficient (Wildman–Crippen LogP) is 5.29. The summed E-state index contributed by atoms with van der Waals surface area (Å²) < 4.78 is 25.9. The largest absolute Gasteiger partial charge is 0.263 e. The highest BCUT2D eigenvalue weighted by Gasteiger charge is 2.12. The molecule has 20 heavy (non-hydrogen) atoms. The van der Waals surface area contributed by atoms with Crippen molar-refractivity contribution in [1.82, 2.24) is 9.97 Å². The van der Waals surface area contributed by atoms with Crippen molar-refractivity contribution in [2.75, 3.05) is 0 Å². The topological polar surface area (TPSA) is 25.8 Å². The minimum Gasteiger partial charge on any atom is -0.232 e.